The summed E-state index contributed by atoms with van der Waals surface area (Å²) >= 11 is 0. The van der Waals surface area contributed by atoms with E-state index in [1.807, 2.05) is 18.2 Å². The molecule has 1 atom stereocenters. The van der Waals surface area contributed by atoms with Gasteiger partial charge in [-0.25, -0.2) is 5.43 Å². The van der Waals surface area contributed by atoms with Crippen LogP contribution in [0.5, 0.6) is 11.5 Å². The molecule has 23 heavy (non-hydrogen) atoms. The van der Waals surface area contributed by atoms with Gasteiger partial charge in [0.05, 0.1) is 12.0 Å². The summed E-state index contributed by atoms with van der Waals surface area (Å²) < 4.78 is 16.3. The van der Waals surface area contributed by atoms with Crippen molar-refractivity contribution in [1.82, 2.24) is 5.43 Å². The van der Waals surface area contributed by atoms with Gasteiger partial charge in [-0.2, -0.15) is 5.10 Å². The molecule has 2 aromatic rings. The van der Waals surface area contributed by atoms with E-state index >= 15 is 0 Å². The molecule has 1 unspecified atom stereocenters. The van der Waals surface area contributed by atoms with Gasteiger partial charge < -0.3 is 13.9 Å². The Morgan fingerprint density at radius 3 is 2.87 bits per heavy atom. The maximum atomic E-state index is 12.1. The normalized spacial score (nSPS) is 17.3. The Kier molecular flexibility index (Phi) is 4.42. The molecule has 0 saturated carbocycles. The first-order valence-electron chi connectivity index (χ1n) is 7.16. The van der Waals surface area contributed by atoms with E-state index in [1.165, 1.54) is 0 Å². The maximum Gasteiger partial charge on any atom is 0.284 e. The summed E-state index contributed by atoms with van der Waals surface area (Å²) in [7, 11) is 0. The van der Waals surface area contributed by atoms with E-state index in [1.54, 1.807) is 43.5 Å². The number of hydrogen-bond acceptors (Lipinski definition) is 5. The summed E-state index contributed by atoms with van der Waals surface area (Å²) in [5, 5.41) is 4.01. The lowest BCUT2D eigenvalue weighted by atomic mass is 10.2. The standard InChI is InChI=1S/C17H16N2O4/c1-12(8-9-13-5-4-10-21-13)18-19-17(20)16-11-22-14-6-2-3-7-15(14)23-16/h2-10,16H,11H2,1H3,(H,19,20)/b9-8+,18-12-. The molecule has 1 aromatic carbocycles. The number of furan rings is 1. The highest BCUT2D eigenvalue weighted by Gasteiger charge is 2.26. The average Bonchev–Trinajstić information content (AvgIpc) is 3.11. The number of rotatable bonds is 4. The highest BCUT2D eigenvalue weighted by Crippen LogP contribution is 2.30. The molecule has 0 radical (unpaired) electrons. The summed E-state index contributed by atoms with van der Waals surface area (Å²) in [5.41, 5.74) is 3.11. The molecular formula is C17H16N2O4. The van der Waals surface area contributed by atoms with Gasteiger partial charge in [-0.15, -0.1) is 0 Å². The molecule has 0 saturated heterocycles. The van der Waals surface area contributed by atoms with Crippen molar-refractivity contribution in [3.05, 3.63) is 54.5 Å². The quantitative estimate of drug-likeness (QED) is 0.696. The van der Waals surface area contributed by atoms with Crippen LogP contribution in [0.4, 0.5) is 0 Å². The monoisotopic (exact) mass is 312 g/mol. The molecule has 0 fully saturated rings. The van der Waals surface area contributed by atoms with E-state index in [0.717, 1.165) is 0 Å². The van der Waals surface area contributed by atoms with Crippen molar-refractivity contribution >= 4 is 17.7 Å². The van der Waals surface area contributed by atoms with Crippen molar-refractivity contribution in [2.45, 2.75) is 13.0 Å². The van der Waals surface area contributed by atoms with Crippen LogP contribution >= 0.6 is 0 Å². The molecule has 1 aromatic heterocycles. The van der Waals surface area contributed by atoms with Crippen LogP contribution in [0.3, 0.4) is 0 Å². The summed E-state index contributed by atoms with van der Waals surface area (Å²) in [4.78, 5) is 12.1. The lowest BCUT2D eigenvalue weighted by molar-refractivity contribution is -0.130. The van der Waals surface area contributed by atoms with E-state index in [9.17, 15) is 4.79 Å². The highest BCUT2D eigenvalue weighted by atomic mass is 16.6. The molecule has 1 aliphatic heterocycles. The summed E-state index contributed by atoms with van der Waals surface area (Å²) in [6, 6.07) is 10.9. The Labute approximate surface area is 133 Å². The number of carbonyl (C=O) groups excluding carboxylic acids is 1. The zero-order valence-electron chi connectivity index (χ0n) is 12.6. The van der Waals surface area contributed by atoms with Crippen LogP contribution in [0.2, 0.25) is 0 Å². The Bertz CT molecular complexity index is 735. The SMILES string of the molecule is CC(/C=C/c1ccco1)=N/NC(=O)C1COc2ccccc2O1. The molecule has 0 aliphatic carbocycles. The van der Waals surface area contributed by atoms with Gasteiger partial charge in [0.1, 0.15) is 12.4 Å². The molecule has 2 heterocycles. The lowest BCUT2D eigenvalue weighted by Crippen LogP contribution is -2.42. The lowest BCUT2D eigenvalue weighted by Gasteiger charge is -2.24. The molecule has 3 rings (SSSR count). The number of carbonyl (C=O) groups is 1. The van der Waals surface area contributed by atoms with Crippen molar-refractivity contribution < 1.29 is 18.7 Å². The summed E-state index contributed by atoms with van der Waals surface area (Å²) in [5.74, 6) is 1.55. The van der Waals surface area contributed by atoms with Crippen molar-refractivity contribution in [2.75, 3.05) is 6.61 Å². The maximum absolute atomic E-state index is 12.1. The largest absolute Gasteiger partial charge is 0.485 e. The Morgan fingerprint density at radius 1 is 1.26 bits per heavy atom. The van der Waals surface area contributed by atoms with Crippen LogP contribution in [0.15, 0.2) is 58.3 Å². The second-order valence-electron chi connectivity index (χ2n) is 4.94. The van der Waals surface area contributed by atoms with Crippen molar-refractivity contribution in [3.63, 3.8) is 0 Å². The first-order valence-corrected chi connectivity index (χ1v) is 7.16. The van der Waals surface area contributed by atoms with Gasteiger partial charge in [0.2, 0.25) is 6.10 Å². The third kappa shape index (κ3) is 3.79. The van der Waals surface area contributed by atoms with Gasteiger partial charge in [-0.05, 0) is 43.3 Å². The van der Waals surface area contributed by atoms with Crippen LogP contribution in [-0.4, -0.2) is 24.3 Å². The molecular weight excluding hydrogens is 296 g/mol. The highest BCUT2D eigenvalue weighted by molar-refractivity contribution is 5.97. The van der Waals surface area contributed by atoms with Gasteiger partial charge in [-0.3, -0.25) is 4.79 Å². The average molecular weight is 312 g/mol. The van der Waals surface area contributed by atoms with Crippen LogP contribution in [-0.2, 0) is 4.79 Å². The molecule has 6 nitrogen and oxygen atoms in total. The van der Waals surface area contributed by atoms with E-state index in [4.69, 9.17) is 13.9 Å². The number of para-hydroxylation sites is 2. The first-order chi connectivity index (χ1) is 11.2. The number of ether oxygens (including phenoxy) is 2. The molecule has 1 amide bonds. The number of nitrogens with zero attached hydrogens (tertiary/aromatic N) is 1. The Hall–Kier alpha value is -3.02. The van der Waals surface area contributed by atoms with Crippen molar-refractivity contribution in [1.29, 1.82) is 0 Å². The van der Waals surface area contributed by atoms with Gasteiger partial charge in [0.25, 0.3) is 5.91 Å². The molecule has 1 aliphatic rings. The number of allylic oxidation sites excluding steroid dienone is 1. The van der Waals surface area contributed by atoms with Crippen molar-refractivity contribution in [2.24, 2.45) is 5.10 Å². The summed E-state index contributed by atoms with van der Waals surface area (Å²) in [6.45, 7) is 1.92. The summed E-state index contributed by atoms with van der Waals surface area (Å²) in [6.07, 6.45) is 4.37. The van der Waals surface area contributed by atoms with E-state index in [0.29, 0.717) is 23.0 Å². The fourth-order valence-electron chi connectivity index (χ4n) is 1.99. The number of hydrazone groups is 1. The minimum Gasteiger partial charge on any atom is -0.485 e. The van der Waals surface area contributed by atoms with E-state index in [2.05, 4.69) is 10.5 Å². The smallest absolute Gasteiger partial charge is 0.284 e. The van der Waals surface area contributed by atoms with Gasteiger partial charge in [-0.1, -0.05) is 12.1 Å². The first kappa shape index (κ1) is 14.9. The van der Waals surface area contributed by atoms with Crippen LogP contribution in [0, 0.1) is 0 Å². The number of benzene rings is 1. The van der Waals surface area contributed by atoms with Gasteiger partial charge in [0, 0.05) is 0 Å². The molecule has 1 N–H and O–H groups in total. The number of amides is 1. The van der Waals surface area contributed by atoms with Crippen LogP contribution in [0.1, 0.15) is 12.7 Å². The second kappa shape index (κ2) is 6.83. The van der Waals surface area contributed by atoms with Crippen molar-refractivity contribution in [3.8, 4) is 11.5 Å². The predicted molar refractivity (Wildman–Crippen MR) is 85.3 cm³/mol. The zero-order valence-corrected chi connectivity index (χ0v) is 12.6. The number of fused-ring (bicyclic) bond motifs is 1. The second-order valence-corrected chi connectivity index (χ2v) is 4.94. The minimum absolute atomic E-state index is 0.152. The molecule has 0 spiro atoms. The van der Waals surface area contributed by atoms with E-state index in [-0.39, 0.29) is 12.5 Å². The molecule has 6 heteroatoms. The Balaban J connectivity index is 1.56. The fraction of sp³-hybridized carbons (Fsp3) is 0.176. The predicted octanol–water partition coefficient (Wildman–Crippen LogP) is 2.62. The van der Waals surface area contributed by atoms with Crippen LogP contribution < -0.4 is 14.9 Å². The van der Waals surface area contributed by atoms with Crippen LogP contribution in [0.25, 0.3) is 6.08 Å². The number of hydrogen-bond donors (Lipinski definition) is 1. The molecule has 0 bridgehead atoms. The Morgan fingerprint density at radius 2 is 2.09 bits per heavy atom. The zero-order chi connectivity index (χ0) is 16.1. The van der Waals surface area contributed by atoms with Gasteiger partial charge in [0.15, 0.2) is 11.5 Å². The minimum atomic E-state index is -0.726. The van der Waals surface area contributed by atoms with E-state index < -0.39 is 6.10 Å². The fourth-order valence-corrected chi connectivity index (χ4v) is 1.99. The third-order valence-corrected chi connectivity index (χ3v) is 3.18. The molecule has 118 valence electrons. The third-order valence-electron chi connectivity index (χ3n) is 3.18. The number of nitrogens with one attached hydrogen (secondary N) is 1. The van der Waals surface area contributed by atoms with Gasteiger partial charge >= 0.3 is 0 Å². The topological polar surface area (TPSA) is 73.1 Å².